The van der Waals surface area contributed by atoms with Crippen LogP contribution < -0.4 is 0 Å². The van der Waals surface area contributed by atoms with Crippen molar-refractivity contribution in [3.8, 4) is 10.7 Å². The molecule has 24 heavy (non-hydrogen) atoms. The van der Waals surface area contributed by atoms with Gasteiger partial charge in [-0.15, -0.1) is 23.1 Å². The molecule has 0 spiro atoms. The van der Waals surface area contributed by atoms with E-state index in [4.69, 9.17) is 4.98 Å². The van der Waals surface area contributed by atoms with Crippen LogP contribution in [0.15, 0.2) is 52.9 Å². The van der Waals surface area contributed by atoms with Crippen molar-refractivity contribution in [3.05, 3.63) is 64.8 Å². The van der Waals surface area contributed by atoms with Crippen molar-refractivity contribution in [2.24, 2.45) is 0 Å². The van der Waals surface area contributed by atoms with E-state index in [9.17, 15) is 0 Å². The van der Waals surface area contributed by atoms with Crippen LogP contribution in [0, 0.1) is 0 Å². The molecule has 0 N–H and O–H groups in total. The first kappa shape index (κ1) is 15.8. The number of rotatable bonds is 4. The maximum atomic E-state index is 4.80. The maximum Gasteiger partial charge on any atom is 0.169 e. The topological polar surface area (TPSA) is 29.0 Å². The molecule has 1 aliphatic heterocycles. The molecular formula is C19H19N3S2. The highest BCUT2D eigenvalue weighted by molar-refractivity contribution is 7.98. The normalized spacial score (nSPS) is 14.5. The van der Waals surface area contributed by atoms with Gasteiger partial charge >= 0.3 is 0 Å². The van der Waals surface area contributed by atoms with Crippen molar-refractivity contribution in [1.29, 1.82) is 0 Å². The Bertz CT molecular complexity index is 830. The lowest BCUT2D eigenvalue weighted by Crippen LogP contribution is -2.31. The quantitative estimate of drug-likeness (QED) is 0.647. The minimum absolute atomic E-state index is 0.866. The van der Waals surface area contributed by atoms with E-state index in [1.54, 1.807) is 11.3 Å². The van der Waals surface area contributed by atoms with Crippen molar-refractivity contribution >= 4 is 23.1 Å². The molecule has 0 atom stereocenters. The van der Waals surface area contributed by atoms with Gasteiger partial charge in [-0.05, 0) is 29.3 Å². The Morgan fingerprint density at radius 3 is 2.96 bits per heavy atom. The van der Waals surface area contributed by atoms with Gasteiger partial charge in [0.05, 0.1) is 10.6 Å². The number of nitrogens with zero attached hydrogens (tertiary/aromatic N) is 3. The van der Waals surface area contributed by atoms with Crippen LogP contribution in [0.25, 0.3) is 10.7 Å². The summed E-state index contributed by atoms with van der Waals surface area (Å²) >= 11 is 3.52. The molecule has 5 heteroatoms. The summed E-state index contributed by atoms with van der Waals surface area (Å²) in [6, 6.07) is 12.8. The third-order valence-corrected chi connectivity index (χ3v) is 6.04. The minimum Gasteiger partial charge on any atom is -0.294 e. The van der Waals surface area contributed by atoms with Crippen molar-refractivity contribution < 1.29 is 0 Å². The number of thioether (sulfide) groups is 1. The number of thiophene rings is 1. The summed E-state index contributed by atoms with van der Waals surface area (Å²) in [6.45, 7) is 2.97. The van der Waals surface area contributed by atoms with E-state index >= 15 is 0 Å². The summed E-state index contributed by atoms with van der Waals surface area (Å²) in [4.78, 5) is 14.4. The number of hydrogen-bond acceptors (Lipinski definition) is 5. The van der Waals surface area contributed by atoms with E-state index in [1.165, 1.54) is 21.7 Å². The third-order valence-electron chi connectivity index (χ3n) is 4.34. The molecule has 122 valence electrons. The smallest absolute Gasteiger partial charge is 0.169 e. The molecule has 3 heterocycles. The predicted molar refractivity (Wildman–Crippen MR) is 101 cm³/mol. The average Bonchev–Trinajstić information content (AvgIpc) is 3.16. The monoisotopic (exact) mass is 353 g/mol. The van der Waals surface area contributed by atoms with E-state index in [2.05, 4.69) is 51.9 Å². The molecule has 0 bridgehead atoms. The second kappa shape index (κ2) is 7.05. The molecule has 0 aliphatic carbocycles. The van der Waals surface area contributed by atoms with Crippen molar-refractivity contribution in [2.75, 3.05) is 12.8 Å². The SMILES string of the molecule is CSc1ccccc1CN1CCc2nc(-c3cccs3)ncc2C1. The van der Waals surface area contributed by atoms with Crippen molar-refractivity contribution in [1.82, 2.24) is 14.9 Å². The zero-order chi connectivity index (χ0) is 16.4. The fraction of sp³-hybridized carbons (Fsp3) is 0.263. The fourth-order valence-electron chi connectivity index (χ4n) is 3.11. The number of fused-ring (bicyclic) bond motifs is 1. The Balaban J connectivity index is 1.52. The summed E-state index contributed by atoms with van der Waals surface area (Å²) in [5.74, 6) is 0.866. The van der Waals surface area contributed by atoms with Gasteiger partial charge in [-0.25, -0.2) is 9.97 Å². The van der Waals surface area contributed by atoms with Crippen LogP contribution in [-0.2, 0) is 19.5 Å². The zero-order valence-corrected chi connectivity index (χ0v) is 15.2. The number of hydrogen-bond donors (Lipinski definition) is 0. The third kappa shape index (κ3) is 3.24. The zero-order valence-electron chi connectivity index (χ0n) is 13.6. The van der Waals surface area contributed by atoms with Crippen LogP contribution in [-0.4, -0.2) is 27.7 Å². The molecule has 3 aromatic rings. The van der Waals surface area contributed by atoms with Gasteiger partial charge in [0.15, 0.2) is 5.82 Å². The van der Waals surface area contributed by atoms with Gasteiger partial charge in [0.2, 0.25) is 0 Å². The first-order valence-electron chi connectivity index (χ1n) is 8.06. The fourth-order valence-corrected chi connectivity index (χ4v) is 4.38. The molecule has 4 rings (SSSR count). The largest absolute Gasteiger partial charge is 0.294 e. The predicted octanol–water partition coefficient (Wildman–Crippen LogP) is 4.49. The molecule has 0 fully saturated rings. The molecule has 2 aromatic heterocycles. The van der Waals surface area contributed by atoms with E-state index < -0.39 is 0 Å². The van der Waals surface area contributed by atoms with Gasteiger partial charge in [0.1, 0.15) is 0 Å². The molecule has 1 aromatic carbocycles. The van der Waals surface area contributed by atoms with E-state index in [1.807, 2.05) is 24.0 Å². The van der Waals surface area contributed by atoms with Crippen LogP contribution in [0.2, 0.25) is 0 Å². The Morgan fingerprint density at radius 1 is 1.21 bits per heavy atom. The molecular weight excluding hydrogens is 334 g/mol. The van der Waals surface area contributed by atoms with E-state index in [0.29, 0.717) is 0 Å². The van der Waals surface area contributed by atoms with Gasteiger partial charge < -0.3 is 0 Å². The summed E-state index contributed by atoms with van der Waals surface area (Å²) in [6.07, 6.45) is 5.16. The van der Waals surface area contributed by atoms with E-state index in [-0.39, 0.29) is 0 Å². The Labute approximate surface area is 150 Å². The lowest BCUT2D eigenvalue weighted by Gasteiger charge is -2.28. The summed E-state index contributed by atoms with van der Waals surface area (Å²) in [5.41, 5.74) is 3.88. The summed E-state index contributed by atoms with van der Waals surface area (Å²) in [5, 5.41) is 2.07. The molecule has 0 unspecified atom stereocenters. The molecule has 0 radical (unpaired) electrons. The highest BCUT2D eigenvalue weighted by Crippen LogP contribution is 2.26. The lowest BCUT2D eigenvalue weighted by atomic mass is 10.1. The first-order chi connectivity index (χ1) is 11.8. The van der Waals surface area contributed by atoms with Gasteiger partial charge in [-0.3, -0.25) is 4.90 Å². The van der Waals surface area contributed by atoms with Gasteiger partial charge in [-0.2, -0.15) is 0 Å². The second-order valence-electron chi connectivity index (χ2n) is 5.92. The second-order valence-corrected chi connectivity index (χ2v) is 7.71. The Hall–Kier alpha value is -1.69. The number of aromatic nitrogens is 2. The van der Waals surface area contributed by atoms with Crippen LogP contribution in [0.5, 0.6) is 0 Å². The first-order valence-corrected chi connectivity index (χ1v) is 10.2. The van der Waals surface area contributed by atoms with Crippen LogP contribution in [0.3, 0.4) is 0 Å². The van der Waals surface area contributed by atoms with Crippen LogP contribution in [0.1, 0.15) is 16.8 Å². The average molecular weight is 354 g/mol. The highest BCUT2D eigenvalue weighted by atomic mass is 32.2. The highest BCUT2D eigenvalue weighted by Gasteiger charge is 2.19. The molecule has 0 saturated heterocycles. The van der Waals surface area contributed by atoms with Crippen LogP contribution >= 0.6 is 23.1 Å². The Kier molecular flexibility index (Phi) is 4.65. The molecule has 1 aliphatic rings. The van der Waals surface area contributed by atoms with Gasteiger partial charge in [0, 0.05) is 42.7 Å². The minimum atomic E-state index is 0.866. The molecule has 3 nitrogen and oxygen atoms in total. The molecule has 0 saturated carbocycles. The van der Waals surface area contributed by atoms with Gasteiger partial charge in [0.25, 0.3) is 0 Å². The molecule has 0 amide bonds. The van der Waals surface area contributed by atoms with Crippen LogP contribution in [0.4, 0.5) is 0 Å². The maximum absolute atomic E-state index is 4.80. The summed E-state index contributed by atoms with van der Waals surface area (Å²) in [7, 11) is 0. The lowest BCUT2D eigenvalue weighted by molar-refractivity contribution is 0.241. The van der Waals surface area contributed by atoms with Gasteiger partial charge in [-0.1, -0.05) is 24.3 Å². The number of benzene rings is 1. The van der Waals surface area contributed by atoms with E-state index in [0.717, 1.165) is 36.8 Å². The van der Waals surface area contributed by atoms with Crippen molar-refractivity contribution in [3.63, 3.8) is 0 Å². The summed E-state index contributed by atoms with van der Waals surface area (Å²) < 4.78 is 0. The standard InChI is InChI=1S/C19H19N3S2/c1-23-17-6-3-2-5-14(17)12-22-9-8-16-15(13-22)11-20-19(21-16)18-7-4-10-24-18/h2-7,10-11H,8-9,12-13H2,1H3. The Morgan fingerprint density at radius 2 is 2.12 bits per heavy atom. The van der Waals surface area contributed by atoms with Crippen molar-refractivity contribution in [2.45, 2.75) is 24.4 Å².